The van der Waals surface area contributed by atoms with Crippen LogP contribution in [0.3, 0.4) is 0 Å². The molecule has 0 bridgehead atoms. The summed E-state index contributed by atoms with van der Waals surface area (Å²) in [4.78, 5) is 31.8. The molecule has 0 radical (unpaired) electrons. The highest BCUT2D eigenvalue weighted by Gasteiger charge is 2.29. The van der Waals surface area contributed by atoms with Crippen LogP contribution in [0.1, 0.15) is 36.7 Å². The quantitative estimate of drug-likeness (QED) is 0.662. The number of primary amides is 1. The number of carbonyl (C=O) groups excluding carboxylic acids is 1. The van der Waals surface area contributed by atoms with Crippen LogP contribution in [0.5, 0.6) is 11.5 Å². The molecule has 0 aliphatic carbocycles. The Kier molecular flexibility index (Phi) is 5.53. The molecule has 32 heavy (non-hydrogen) atoms. The summed E-state index contributed by atoms with van der Waals surface area (Å²) < 4.78 is 13.1. The lowest BCUT2D eigenvalue weighted by atomic mass is 10.0. The van der Waals surface area contributed by atoms with Gasteiger partial charge in [-0.3, -0.25) is 19.1 Å². The predicted octanol–water partition coefficient (Wildman–Crippen LogP) is 2.38. The van der Waals surface area contributed by atoms with Gasteiger partial charge in [0.15, 0.2) is 11.5 Å². The lowest BCUT2D eigenvalue weighted by Crippen LogP contribution is -2.34. The Bertz CT molecular complexity index is 1220. The van der Waals surface area contributed by atoms with Gasteiger partial charge >= 0.3 is 0 Å². The molecule has 1 atom stereocenters. The molecule has 2 aromatic carbocycles. The lowest BCUT2D eigenvalue weighted by Gasteiger charge is -2.26. The highest BCUT2D eigenvalue weighted by atomic mass is 16.5. The van der Waals surface area contributed by atoms with Gasteiger partial charge in [-0.15, -0.1) is 0 Å². The minimum absolute atomic E-state index is 0.164. The van der Waals surface area contributed by atoms with Crippen LogP contribution in [0.25, 0.3) is 10.9 Å². The van der Waals surface area contributed by atoms with Gasteiger partial charge < -0.3 is 15.2 Å². The molecule has 0 spiro atoms. The number of benzene rings is 2. The molecule has 1 unspecified atom stereocenters. The van der Waals surface area contributed by atoms with E-state index in [-0.39, 0.29) is 18.1 Å². The van der Waals surface area contributed by atoms with Gasteiger partial charge in [0.05, 0.1) is 30.7 Å². The van der Waals surface area contributed by atoms with Crippen LogP contribution in [-0.4, -0.2) is 40.1 Å². The zero-order valence-corrected chi connectivity index (χ0v) is 17.8. The summed E-state index contributed by atoms with van der Waals surface area (Å²) in [6, 6.07) is 13.5. The third-order valence-electron chi connectivity index (χ3n) is 6.12. The first-order valence-corrected chi connectivity index (χ1v) is 11.0. The van der Waals surface area contributed by atoms with Gasteiger partial charge in [-0.05, 0) is 49.2 Å². The fraction of sp³-hybridized carbons (Fsp3) is 0.375. The number of fused-ring (bicyclic) bond motifs is 2. The van der Waals surface area contributed by atoms with Gasteiger partial charge in [0, 0.05) is 12.5 Å². The number of carbonyl (C=O) groups is 1. The predicted molar refractivity (Wildman–Crippen MR) is 120 cm³/mol. The van der Waals surface area contributed by atoms with Crippen LogP contribution >= 0.6 is 0 Å². The van der Waals surface area contributed by atoms with Crippen LogP contribution < -0.4 is 20.8 Å². The van der Waals surface area contributed by atoms with Crippen molar-refractivity contribution in [2.24, 2.45) is 5.73 Å². The molecule has 2 aliphatic heterocycles. The van der Waals surface area contributed by atoms with E-state index < -0.39 is 5.91 Å². The molecular formula is C24H26N4O4. The molecule has 3 heterocycles. The maximum Gasteiger partial charge on any atom is 0.261 e. The van der Waals surface area contributed by atoms with Crippen molar-refractivity contribution < 1.29 is 14.3 Å². The van der Waals surface area contributed by atoms with Crippen molar-refractivity contribution in [2.45, 2.75) is 38.4 Å². The average Bonchev–Trinajstić information content (AvgIpc) is 3.11. The molecule has 5 rings (SSSR count). The number of amides is 1. The Morgan fingerprint density at radius 2 is 1.91 bits per heavy atom. The number of hydrogen-bond acceptors (Lipinski definition) is 6. The average molecular weight is 434 g/mol. The van der Waals surface area contributed by atoms with E-state index >= 15 is 0 Å². The second-order valence-electron chi connectivity index (χ2n) is 8.29. The van der Waals surface area contributed by atoms with Gasteiger partial charge in [-0.1, -0.05) is 18.2 Å². The Labute approximate surface area is 185 Å². The highest BCUT2D eigenvalue weighted by Crippen LogP contribution is 2.38. The van der Waals surface area contributed by atoms with Crippen molar-refractivity contribution in [3.8, 4) is 11.5 Å². The maximum atomic E-state index is 13.1. The topological polar surface area (TPSA) is 99.7 Å². The van der Waals surface area contributed by atoms with Crippen LogP contribution in [0, 0.1) is 0 Å². The summed E-state index contributed by atoms with van der Waals surface area (Å²) in [7, 11) is 0. The number of nitrogens with zero attached hydrogens (tertiary/aromatic N) is 3. The standard InChI is InChI=1S/C24H26N4O4/c25-22(29)14-28-23(26-18-6-2-1-5-17(18)24(28)30)15-27-10-3-7-19(27)16-8-9-20-21(13-16)32-12-4-11-31-20/h1-2,5-6,8-9,13,19H,3-4,7,10-12,14-15H2,(H2,25,29). The summed E-state index contributed by atoms with van der Waals surface area (Å²) in [5, 5.41) is 0.485. The molecule has 1 fully saturated rings. The van der Waals surface area contributed by atoms with Crippen LogP contribution in [-0.2, 0) is 17.9 Å². The molecule has 2 aliphatic rings. The normalized spacial score (nSPS) is 18.6. The summed E-state index contributed by atoms with van der Waals surface area (Å²) in [6.07, 6.45) is 2.89. The summed E-state index contributed by atoms with van der Waals surface area (Å²) >= 11 is 0. The van der Waals surface area contributed by atoms with Crippen molar-refractivity contribution in [3.63, 3.8) is 0 Å². The minimum atomic E-state index is -0.564. The third-order valence-corrected chi connectivity index (χ3v) is 6.12. The van der Waals surface area contributed by atoms with Crippen LogP contribution in [0.2, 0.25) is 0 Å². The number of nitrogens with two attached hydrogens (primary N) is 1. The molecule has 2 N–H and O–H groups in total. The van der Waals surface area contributed by atoms with Crippen LogP contribution in [0.4, 0.5) is 0 Å². The fourth-order valence-electron chi connectivity index (χ4n) is 4.62. The van der Waals surface area contributed by atoms with E-state index in [0.717, 1.165) is 42.9 Å². The molecule has 166 valence electrons. The second kappa shape index (κ2) is 8.63. The van der Waals surface area contributed by atoms with Gasteiger partial charge in [-0.25, -0.2) is 4.98 Å². The van der Waals surface area contributed by atoms with Crippen molar-refractivity contribution in [1.82, 2.24) is 14.5 Å². The Morgan fingerprint density at radius 3 is 2.75 bits per heavy atom. The number of aromatic nitrogens is 2. The van der Waals surface area contributed by atoms with Gasteiger partial charge in [-0.2, -0.15) is 0 Å². The van der Waals surface area contributed by atoms with Crippen molar-refractivity contribution in [2.75, 3.05) is 19.8 Å². The molecule has 1 aromatic heterocycles. The number of likely N-dealkylation sites (tertiary alicyclic amines) is 1. The van der Waals surface area contributed by atoms with Gasteiger partial charge in [0.2, 0.25) is 5.91 Å². The summed E-state index contributed by atoms with van der Waals surface area (Å²) in [6.45, 7) is 2.44. The summed E-state index contributed by atoms with van der Waals surface area (Å²) in [5.41, 5.74) is 6.98. The number of ether oxygens (including phenoxy) is 2. The highest BCUT2D eigenvalue weighted by molar-refractivity contribution is 5.78. The monoisotopic (exact) mass is 434 g/mol. The Balaban J connectivity index is 1.49. The van der Waals surface area contributed by atoms with Crippen molar-refractivity contribution in [1.29, 1.82) is 0 Å². The van der Waals surface area contributed by atoms with Gasteiger partial charge in [0.1, 0.15) is 12.4 Å². The van der Waals surface area contributed by atoms with E-state index in [1.807, 2.05) is 18.2 Å². The van der Waals surface area contributed by atoms with E-state index in [1.54, 1.807) is 12.1 Å². The molecule has 1 saturated heterocycles. The smallest absolute Gasteiger partial charge is 0.261 e. The van der Waals surface area contributed by atoms with Crippen molar-refractivity contribution in [3.05, 3.63) is 64.2 Å². The maximum absolute atomic E-state index is 13.1. The molecule has 3 aromatic rings. The first-order valence-electron chi connectivity index (χ1n) is 11.0. The van der Waals surface area contributed by atoms with E-state index in [9.17, 15) is 9.59 Å². The summed E-state index contributed by atoms with van der Waals surface area (Å²) in [5.74, 6) is 1.55. The van der Waals surface area contributed by atoms with Crippen LogP contribution in [0.15, 0.2) is 47.3 Å². The van der Waals surface area contributed by atoms with E-state index in [2.05, 4.69) is 17.0 Å². The van der Waals surface area contributed by atoms with Crippen molar-refractivity contribution >= 4 is 16.8 Å². The molecule has 1 amide bonds. The number of rotatable bonds is 5. The molecular weight excluding hydrogens is 408 g/mol. The van der Waals surface area contributed by atoms with E-state index in [0.29, 0.717) is 36.5 Å². The SMILES string of the molecule is NC(=O)Cn1c(CN2CCCC2c2ccc3c(c2)OCCCO3)nc2ccccc2c1=O. The van der Waals surface area contributed by atoms with Gasteiger partial charge in [0.25, 0.3) is 5.56 Å². The number of hydrogen-bond donors (Lipinski definition) is 1. The van der Waals surface area contributed by atoms with E-state index in [4.69, 9.17) is 20.2 Å². The Morgan fingerprint density at radius 1 is 1.09 bits per heavy atom. The fourth-order valence-corrected chi connectivity index (χ4v) is 4.62. The third kappa shape index (κ3) is 3.93. The first-order chi connectivity index (χ1) is 15.6. The minimum Gasteiger partial charge on any atom is -0.490 e. The zero-order chi connectivity index (χ0) is 22.1. The molecule has 0 saturated carbocycles. The molecule has 8 nitrogen and oxygen atoms in total. The zero-order valence-electron chi connectivity index (χ0n) is 17.8. The first kappa shape index (κ1) is 20.5. The van der Waals surface area contributed by atoms with E-state index in [1.165, 1.54) is 4.57 Å². The largest absolute Gasteiger partial charge is 0.490 e. The Hall–Kier alpha value is -3.39. The lowest BCUT2D eigenvalue weighted by molar-refractivity contribution is -0.118. The number of para-hydroxylation sites is 1. The molecule has 8 heteroatoms. The second-order valence-corrected chi connectivity index (χ2v) is 8.29.